The minimum Gasteiger partial charge on any atom is -0.497 e. The monoisotopic (exact) mass is 548 g/mol. The molecule has 2 heterocycles. The number of nitrogens with one attached hydrogen (secondary N) is 1. The molecule has 3 aromatic carbocycles. The molecule has 1 aromatic heterocycles. The first-order valence-corrected chi connectivity index (χ1v) is 13.9. The molecule has 0 bridgehead atoms. The number of ether oxygens (including phenoxy) is 3. The Bertz CT molecular complexity index is 1400. The minimum absolute atomic E-state index is 0.0455. The molecule has 1 atom stereocenters. The number of amides is 1. The van der Waals surface area contributed by atoms with Gasteiger partial charge in [-0.1, -0.05) is 53.4 Å². The van der Waals surface area contributed by atoms with Gasteiger partial charge >= 0.3 is 0 Å². The molecular weight excluding hydrogens is 520 g/mol. The van der Waals surface area contributed by atoms with Crippen molar-refractivity contribution in [2.45, 2.75) is 16.8 Å². The first kappa shape index (κ1) is 25.9. The van der Waals surface area contributed by atoms with Crippen LogP contribution in [-0.2, 0) is 11.2 Å². The van der Waals surface area contributed by atoms with Gasteiger partial charge in [-0.05, 0) is 59.5 Å². The Labute approximate surface area is 229 Å². The Hall–Kier alpha value is -3.76. The molecule has 0 spiro atoms. The van der Waals surface area contributed by atoms with Crippen molar-refractivity contribution < 1.29 is 19.0 Å². The van der Waals surface area contributed by atoms with Crippen molar-refractivity contribution in [1.82, 2.24) is 15.1 Å². The Morgan fingerprint density at radius 2 is 1.74 bits per heavy atom. The molecule has 10 heteroatoms. The van der Waals surface area contributed by atoms with Gasteiger partial charge in [-0.15, -0.1) is 10.2 Å². The first-order valence-electron chi connectivity index (χ1n) is 12.1. The van der Waals surface area contributed by atoms with Crippen LogP contribution in [0, 0.1) is 0 Å². The maximum atomic E-state index is 13.6. The van der Waals surface area contributed by atoms with Gasteiger partial charge in [0.2, 0.25) is 11.0 Å². The summed E-state index contributed by atoms with van der Waals surface area (Å²) in [6.45, 7) is 0.613. The largest absolute Gasteiger partial charge is 0.497 e. The van der Waals surface area contributed by atoms with Crippen LogP contribution in [0.5, 0.6) is 17.2 Å². The molecule has 1 amide bonds. The fourth-order valence-electron chi connectivity index (χ4n) is 4.53. The highest BCUT2D eigenvalue weighted by Crippen LogP contribution is 2.41. The van der Waals surface area contributed by atoms with Gasteiger partial charge in [-0.2, -0.15) is 0 Å². The van der Waals surface area contributed by atoms with Gasteiger partial charge in [-0.25, -0.2) is 0 Å². The molecule has 0 aliphatic carbocycles. The maximum Gasteiger partial charge on any atom is 0.233 e. The van der Waals surface area contributed by atoms with Crippen molar-refractivity contribution in [3.63, 3.8) is 0 Å². The number of hydrogen-bond acceptors (Lipinski definition) is 9. The molecule has 38 heavy (non-hydrogen) atoms. The van der Waals surface area contributed by atoms with Crippen molar-refractivity contribution in [2.24, 2.45) is 0 Å². The number of thioether (sulfide) groups is 1. The van der Waals surface area contributed by atoms with Crippen LogP contribution in [0.25, 0.3) is 0 Å². The number of fused-ring (bicyclic) bond motifs is 1. The number of benzene rings is 3. The normalized spacial score (nSPS) is 14.5. The highest BCUT2D eigenvalue weighted by atomic mass is 32.2. The predicted molar refractivity (Wildman–Crippen MR) is 150 cm³/mol. The molecular formula is C28H28N4O4S2. The van der Waals surface area contributed by atoms with Crippen molar-refractivity contribution in [2.75, 3.05) is 38.9 Å². The number of nitrogens with zero attached hydrogens (tertiary/aromatic N) is 3. The number of aromatic nitrogens is 2. The highest BCUT2D eigenvalue weighted by molar-refractivity contribution is 8.01. The van der Waals surface area contributed by atoms with Gasteiger partial charge in [-0.3, -0.25) is 4.79 Å². The number of carbonyl (C=O) groups is 1. The van der Waals surface area contributed by atoms with Gasteiger partial charge in [0.1, 0.15) is 5.75 Å². The summed E-state index contributed by atoms with van der Waals surface area (Å²) in [6.07, 6.45) is 0.740. The van der Waals surface area contributed by atoms with E-state index in [1.165, 1.54) is 23.1 Å². The number of anilines is 2. The van der Waals surface area contributed by atoms with Crippen molar-refractivity contribution in [1.29, 1.82) is 0 Å². The van der Waals surface area contributed by atoms with E-state index in [4.69, 9.17) is 14.2 Å². The van der Waals surface area contributed by atoms with E-state index in [-0.39, 0.29) is 17.7 Å². The zero-order chi connectivity index (χ0) is 26.5. The SMILES string of the molecule is COc1ccc(Nc2nnc(SCC(=O)N3CCc4cc(OC)c(OC)cc4C3c3ccccc3)s2)cc1. The maximum absolute atomic E-state index is 13.6. The Kier molecular flexibility index (Phi) is 8.00. The molecule has 8 nitrogen and oxygen atoms in total. The van der Waals surface area contributed by atoms with Crippen LogP contribution in [0.4, 0.5) is 10.8 Å². The second-order valence-corrected chi connectivity index (χ2v) is 10.8. The van der Waals surface area contributed by atoms with Crippen LogP contribution in [0.15, 0.2) is 71.1 Å². The van der Waals surface area contributed by atoms with E-state index in [2.05, 4.69) is 27.6 Å². The lowest BCUT2D eigenvalue weighted by Crippen LogP contribution is -2.41. The Morgan fingerprint density at radius 1 is 1.00 bits per heavy atom. The average Bonchev–Trinajstić information content (AvgIpc) is 3.42. The molecule has 1 unspecified atom stereocenters. The third kappa shape index (κ3) is 5.56. The van der Waals surface area contributed by atoms with Crippen LogP contribution < -0.4 is 19.5 Å². The predicted octanol–water partition coefficient (Wildman–Crippen LogP) is 5.57. The van der Waals surface area contributed by atoms with Gasteiger partial charge in [0.25, 0.3) is 0 Å². The van der Waals surface area contributed by atoms with E-state index < -0.39 is 0 Å². The molecule has 4 aromatic rings. The number of methoxy groups -OCH3 is 3. The van der Waals surface area contributed by atoms with Crippen molar-refractivity contribution in [3.05, 3.63) is 83.4 Å². The topological polar surface area (TPSA) is 85.8 Å². The van der Waals surface area contributed by atoms with E-state index in [0.717, 1.165) is 38.9 Å². The summed E-state index contributed by atoms with van der Waals surface area (Å²) >= 11 is 2.82. The standard InChI is InChI=1S/C28H28N4O4S2/c1-34-21-11-9-20(10-12-21)29-27-30-31-28(38-27)37-17-25(33)32-14-13-19-15-23(35-2)24(36-3)16-22(19)26(32)18-7-5-4-6-8-18/h4-12,15-16,26H,13-14,17H2,1-3H3,(H,29,30). The van der Waals surface area contributed by atoms with E-state index in [1.807, 2.05) is 59.5 Å². The van der Waals surface area contributed by atoms with Crippen LogP contribution in [0.1, 0.15) is 22.7 Å². The lowest BCUT2D eigenvalue weighted by atomic mass is 9.87. The zero-order valence-corrected chi connectivity index (χ0v) is 23.0. The molecule has 0 saturated carbocycles. The van der Waals surface area contributed by atoms with Crippen LogP contribution in [-0.4, -0.2) is 54.6 Å². The summed E-state index contributed by atoms with van der Waals surface area (Å²) in [5, 5.41) is 12.4. The van der Waals surface area contributed by atoms with E-state index >= 15 is 0 Å². The third-order valence-electron chi connectivity index (χ3n) is 6.38. The summed E-state index contributed by atoms with van der Waals surface area (Å²) in [5.41, 5.74) is 4.16. The Morgan fingerprint density at radius 3 is 2.45 bits per heavy atom. The molecule has 1 aliphatic heterocycles. The summed E-state index contributed by atoms with van der Waals surface area (Å²) in [6, 6.07) is 21.5. The molecule has 1 aliphatic rings. The number of hydrogen-bond donors (Lipinski definition) is 1. The molecule has 196 valence electrons. The lowest BCUT2D eigenvalue weighted by molar-refractivity contribution is -0.130. The second-order valence-electron chi connectivity index (χ2n) is 8.57. The van der Waals surface area contributed by atoms with Gasteiger partial charge in [0, 0.05) is 12.2 Å². The first-order chi connectivity index (χ1) is 18.6. The average molecular weight is 549 g/mol. The smallest absolute Gasteiger partial charge is 0.233 e. The summed E-state index contributed by atoms with van der Waals surface area (Å²) in [5.74, 6) is 2.45. The minimum atomic E-state index is -0.213. The molecule has 1 N–H and O–H groups in total. The zero-order valence-electron chi connectivity index (χ0n) is 21.3. The van der Waals surface area contributed by atoms with E-state index in [0.29, 0.717) is 23.2 Å². The number of carbonyl (C=O) groups excluding carboxylic acids is 1. The Balaban J connectivity index is 1.32. The van der Waals surface area contributed by atoms with Gasteiger partial charge in [0.05, 0.1) is 33.1 Å². The molecule has 5 rings (SSSR count). The van der Waals surface area contributed by atoms with Crippen LogP contribution >= 0.6 is 23.1 Å². The fraction of sp³-hybridized carbons (Fsp3) is 0.250. The molecule has 0 saturated heterocycles. The summed E-state index contributed by atoms with van der Waals surface area (Å²) < 4.78 is 17.0. The van der Waals surface area contributed by atoms with Crippen LogP contribution in [0.2, 0.25) is 0 Å². The van der Waals surface area contributed by atoms with Crippen LogP contribution in [0.3, 0.4) is 0 Å². The van der Waals surface area contributed by atoms with Gasteiger partial charge in [0.15, 0.2) is 15.8 Å². The third-order valence-corrected chi connectivity index (χ3v) is 8.33. The van der Waals surface area contributed by atoms with E-state index in [9.17, 15) is 4.79 Å². The summed E-state index contributed by atoms with van der Waals surface area (Å²) in [4.78, 5) is 15.5. The lowest BCUT2D eigenvalue weighted by Gasteiger charge is -2.38. The number of rotatable bonds is 9. The van der Waals surface area contributed by atoms with Crippen molar-refractivity contribution in [3.8, 4) is 17.2 Å². The quantitative estimate of drug-likeness (QED) is 0.272. The summed E-state index contributed by atoms with van der Waals surface area (Å²) in [7, 11) is 4.90. The fourth-order valence-corrected chi connectivity index (χ4v) is 6.19. The highest BCUT2D eigenvalue weighted by Gasteiger charge is 2.33. The molecule has 0 radical (unpaired) electrons. The van der Waals surface area contributed by atoms with Crippen molar-refractivity contribution >= 4 is 39.8 Å². The van der Waals surface area contributed by atoms with Gasteiger partial charge < -0.3 is 24.4 Å². The van der Waals surface area contributed by atoms with E-state index in [1.54, 1.807) is 21.3 Å². The molecule has 0 fully saturated rings. The second kappa shape index (κ2) is 11.7.